The van der Waals surface area contributed by atoms with E-state index in [-0.39, 0.29) is 24.9 Å². The minimum absolute atomic E-state index is 0.0242. The van der Waals surface area contributed by atoms with Crippen LogP contribution in [0.25, 0.3) is 0 Å². The molecule has 6 heteroatoms. The van der Waals surface area contributed by atoms with E-state index in [1.807, 2.05) is 12.2 Å². The molecule has 0 aromatic rings. The van der Waals surface area contributed by atoms with Gasteiger partial charge in [0, 0.05) is 6.42 Å². The van der Waals surface area contributed by atoms with E-state index < -0.39 is 18.2 Å². The molecule has 0 rings (SSSR count). The highest BCUT2D eigenvalue weighted by Crippen LogP contribution is 2.16. The zero-order valence-corrected chi connectivity index (χ0v) is 34.7. The Labute approximate surface area is 322 Å². The molecule has 306 valence electrons. The van der Waals surface area contributed by atoms with Crippen LogP contribution < -0.4 is 5.32 Å². The summed E-state index contributed by atoms with van der Waals surface area (Å²) in [6.45, 7) is 6.42. The predicted molar refractivity (Wildman–Crippen MR) is 223 cm³/mol. The molecular formula is C46H87NO5. The van der Waals surface area contributed by atoms with Crippen LogP contribution in [-0.2, 0) is 14.3 Å². The Hall–Kier alpha value is -1.66. The third-order valence-corrected chi connectivity index (χ3v) is 10.3. The first-order chi connectivity index (χ1) is 25.5. The van der Waals surface area contributed by atoms with Crippen molar-refractivity contribution >= 4 is 11.9 Å². The van der Waals surface area contributed by atoms with Gasteiger partial charge in [-0.2, -0.15) is 0 Å². The third-order valence-electron chi connectivity index (χ3n) is 10.3. The number of rotatable bonds is 40. The lowest BCUT2D eigenvalue weighted by atomic mass is 10.0. The van der Waals surface area contributed by atoms with E-state index in [2.05, 4.69) is 38.2 Å². The molecule has 0 bridgehead atoms. The fourth-order valence-corrected chi connectivity index (χ4v) is 6.81. The van der Waals surface area contributed by atoms with Crippen LogP contribution in [-0.4, -0.2) is 46.9 Å². The lowest BCUT2D eigenvalue weighted by Crippen LogP contribution is -2.46. The largest absolute Gasteiger partial charge is 0.458 e. The summed E-state index contributed by atoms with van der Waals surface area (Å²) >= 11 is 0. The fourth-order valence-electron chi connectivity index (χ4n) is 6.81. The zero-order valence-electron chi connectivity index (χ0n) is 34.7. The van der Waals surface area contributed by atoms with Gasteiger partial charge >= 0.3 is 5.97 Å². The molecule has 0 saturated heterocycles. The molecule has 0 saturated carbocycles. The van der Waals surface area contributed by atoms with E-state index in [0.29, 0.717) is 12.8 Å². The minimum Gasteiger partial charge on any atom is -0.458 e. The topological polar surface area (TPSA) is 95.9 Å². The Morgan fingerprint density at radius 1 is 0.577 bits per heavy atom. The molecule has 6 nitrogen and oxygen atoms in total. The summed E-state index contributed by atoms with van der Waals surface area (Å²) in [6.07, 6.45) is 44.1. The van der Waals surface area contributed by atoms with E-state index in [9.17, 15) is 19.8 Å². The molecule has 0 aliphatic heterocycles. The summed E-state index contributed by atoms with van der Waals surface area (Å²) in [7, 11) is 0. The van der Waals surface area contributed by atoms with Crippen LogP contribution in [0.1, 0.15) is 233 Å². The van der Waals surface area contributed by atoms with Crippen LogP contribution in [0.3, 0.4) is 0 Å². The van der Waals surface area contributed by atoms with Gasteiger partial charge in [-0.3, -0.25) is 9.59 Å². The molecule has 0 heterocycles. The SMILES string of the molecule is CCCCCCCC/C=C\C/C=C/C(CC(=O)NC(CO)C(O)CCCCCCCCCCCCC)OC(=O)CCCCCCCCCCCCC. The second-order valence-electron chi connectivity index (χ2n) is 15.5. The van der Waals surface area contributed by atoms with Crippen molar-refractivity contribution in [3.05, 3.63) is 24.3 Å². The monoisotopic (exact) mass is 734 g/mol. The first kappa shape index (κ1) is 50.3. The van der Waals surface area contributed by atoms with Crippen molar-refractivity contribution in [2.75, 3.05) is 6.61 Å². The van der Waals surface area contributed by atoms with Crippen LogP contribution in [0.4, 0.5) is 0 Å². The van der Waals surface area contributed by atoms with Crippen molar-refractivity contribution in [1.29, 1.82) is 0 Å². The van der Waals surface area contributed by atoms with Gasteiger partial charge in [0.25, 0.3) is 0 Å². The van der Waals surface area contributed by atoms with Crippen LogP contribution in [0.2, 0.25) is 0 Å². The number of ether oxygens (including phenoxy) is 1. The number of hydrogen-bond acceptors (Lipinski definition) is 5. The highest BCUT2D eigenvalue weighted by Gasteiger charge is 2.23. The van der Waals surface area contributed by atoms with Crippen molar-refractivity contribution in [2.24, 2.45) is 0 Å². The van der Waals surface area contributed by atoms with Crippen LogP contribution >= 0.6 is 0 Å². The minimum atomic E-state index is -0.804. The summed E-state index contributed by atoms with van der Waals surface area (Å²) in [5.41, 5.74) is 0. The number of nitrogens with one attached hydrogen (secondary N) is 1. The Bertz CT molecular complexity index is 828. The number of aliphatic hydroxyl groups is 2. The van der Waals surface area contributed by atoms with Gasteiger partial charge in [-0.25, -0.2) is 0 Å². The Balaban J connectivity index is 4.66. The number of hydrogen-bond donors (Lipinski definition) is 3. The maximum absolute atomic E-state index is 13.1. The maximum Gasteiger partial charge on any atom is 0.306 e. The summed E-state index contributed by atoms with van der Waals surface area (Å²) in [5, 5.41) is 23.5. The number of aliphatic hydroxyl groups excluding tert-OH is 2. The summed E-state index contributed by atoms with van der Waals surface area (Å²) in [6, 6.07) is -0.725. The van der Waals surface area contributed by atoms with E-state index in [4.69, 9.17) is 4.74 Å². The number of unbranched alkanes of at least 4 members (excludes halogenated alkanes) is 26. The first-order valence-electron chi connectivity index (χ1n) is 22.6. The predicted octanol–water partition coefficient (Wildman–Crippen LogP) is 12.8. The standard InChI is InChI=1S/C46H87NO5/c1-4-7-10-13-16-19-22-25-28-31-34-37-42(52-46(51)39-36-33-30-27-24-21-18-15-12-9-6-3)40-45(50)47-43(41-48)44(49)38-35-32-29-26-23-20-17-14-11-8-5-2/h25,28,34,37,42-44,48-49H,4-24,26-27,29-33,35-36,38-41H2,1-3H3,(H,47,50)/b28-25-,37-34+. The summed E-state index contributed by atoms with van der Waals surface area (Å²) in [5.74, 6) is -0.597. The van der Waals surface area contributed by atoms with Gasteiger partial charge in [-0.1, -0.05) is 206 Å². The second kappa shape index (κ2) is 40.5. The molecule has 1 amide bonds. The van der Waals surface area contributed by atoms with Gasteiger partial charge in [-0.15, -0.1) is 0 Å². The maximum atomic E-state index is 13.1. The number of allylic oxidation sites excluding steroid dienone is 3. The lowest BCUT2D eigenvalue weighted by molar-refractivity contribution is -0.148. The van der Waals surface area contributed by atoms with Gasteiger partial charge in [0.2, 0.25) is 5.91 Å². The lowest BCUT2D eigenvalue weighted by Gasteiger charge is -2.23. The van der Waals surface area contributed by atoms with Crippen LogP contribution in [0.5, 0.6) is 0 Å². The normalized spacial score (nSPS) is 13.6. The number of amides is 1. The molecule has 52 heavy (non-hydrogen) atoms. The molecule has 0 aromatic carbocycles. The van der Waals surface area contributed by atoms with E-state index in [1.54, 1.807) is 0 Å². The van der Waals surface area contributed by atoms with Crippen molar-refractivity contribution in [2.45, 2.75) is 251 Å². The van der Waals surface area contributed by atoms with Gasteiger partial charge in [0.05, 0.1) is 25.2 Å². The zero-order chi connectivity index (χ0) is 38.2. The molecule has 0 spiro atoms. The molecule has 3 unspecified atom stereocenters. The highest BCUT2D eigenvalue weighted by atomic mass is 16.5. The van der Waals surface area contributed by atoms with E-state index >= 15 is 0 Å². The van der Waals surface area contributed by atoms with Crippen molar-refractivity contribution in [1.82, 2.24) is 5.32 Å². The third kappa shape index (κ3) is 35.4. The van der Waals surface area contributed by atoms with Gasteiger partial charge in [0.15, 0.2) is 0 Å². The Morgan fingerprint density at radius 3 is 1.50 bits per heavy atom. The van der Waals surface area contributed by atoms with E-state index in [0.717, 1.165) is 51.4 Å². The molecule has 3 atom stereocenters. The molecule has 3 N–H and O–H groups in total. The van der Waals surface area contributed by atoms with Crippen molar-refractivity contribution in [3.8, 4) is 0 Å². The number of carbonyl (C=O) groups is 2. The molecule has 0 aromatic heterocycles. The average Bonchev–Trinajstić information content (AvgIpc) is 3.13. The van der Waals surface area contributed by atoms with E-state index in [1.165, 1.54) is 141 Å². The molecule has 0 fully saturated rings. The fraction of sp³-hybridized carbons (Fsp3) is 0.870. The van der Waals surface area contributed by atoms with Crippen molar-refractivity contribution in [3.63, 3.8) is 0 Å². The molecule has 0 aliphatic carbocycles. The summed E-state index contributed by atoms with van der Waals surface area (Å²) < 4.78 is 5.79. The van der Waals surface area contributed by atoms with Crippen LogP contribution in [0, 0.1) is 0 Å². The Morgan fingerprint density at radius 2 is 1.02 bits per heavy atom. The van der Waals surface area contributed by atoms with Crippen molar-refractivity contribution < 1.29 is 24.5 Å². The van der Waals surface area contributed by atoms with Crippen LogP contribution in [0.15, 0.2) is 24.3 Å². The molecule has 0 aliphatic rings. The smallest absolute Gasteiger partial charge is 0.306 e. The first-order valence-corrected chi connectivity index (χ1v) is 22.6. The second-order valence-corrected chi connectivity index (χ2v) is 15.5. The average molecular weight is 734 g/mol. The highest BCUT2D eigenvalue weighted by molar-refractivity contribution is 5.78. The molecule has 0 radical (unpaired) electrons. The summed E-state index contributed by atoms with van der Waals surface area (Å²) in [4.78, 5) is 25.8. The Kier molecular flexibility index (Phi) is 39.2. The van der Waals surface area contributed by atoms with Gasteiger partial charge < -0.3 is 20.3 Å². The number of carbonyl (C=O) groups excluding carboxylic acids is 2. The molecular weight excluding hydrogens is 647 g/mol. The van der Waals surface area contributed by atoms with Gasteiger partial charge in [-0.05, 0) is 38.2 Å². The number of esters is 1. The quantitative estimate of drug-likeness (QED) is 0.0331. The van der Waals surface area contributed by atoms with Gasteiger partial charge in [0.1, 0.15) is 6.10 Å².